The molecule has 5 nitrogen and oxygen atoms in total. The molecule has 1 unspecified atom stereocenters. The van der Waals surface area contributed by atoms with E-state index in [-0.39, 0.29) is 5.91 Å². The number of rotatable bonds is 3. The van der Waals surface area contributed by atoms with E-state index in [0.717, 1.165) is 37.0 Å². The minimum Gasteiger partial charge on any atom is -0.340 e. The van der Waals surface area contributed by atoms with Crippen molar-refractivity contribution in [1.29, 1.82) is 0 Å². The molecule has 0 radical (unpaired) electrons. The highest BCUT2D eigenvalue weighted by atomic mass is 16.2. The predicted octanol–water partition coefficient (Wildman–Crippen LogP) is 1.59. The molecule has 5 heteroatoms. The van der Waals surface area contributed by atoms with Gasteiger partial charge in [-0.05, 0) is 32.0 Å². The third-order valence-corrected chi connectivity index (χ3v) is 4.04. The molecule has 3 rings (SSSR count). The summed E-state index contributed by atoms with van der Waals surface area (Å²) in [6.07, 6.45) is 1.16. The first-order valence-corrected chi connectivity index (χ1v) is 7.02. The number of nitrogens with zero attached hydrogens (tertiary/aromatic N) is 3. The van der Waals surface area contributed by atoms with Crippen LogP contribution in [0.25, 0.3) is 10.9 Å². The van der Waals surface area contributed by atoms with Crippen molar-refractivity contribution in [3.63, 3.8) is 0 Å². The Labute approximate surface area is 118 Å². The summed E-state index contributed by atoms with van der Waals surface area (Å²) < 4.78 is 0. The first kappa shape index (κ1) is 13.1. The van der Waals surface area contributed by atoms with Crippen LogP contribution in [-0.2, 0) is 0 Å². The fourth-order valence-electron chi connectivity index (χ4n) is 2.95. The van der Waals surface area contributed by atoms with Gasteiger partial charge in [0.15, 0.2) is 5.69 Å². The lowest BCUT2D eigenvalue weighted by molar-refractivity contribution is 0.0770. The van der Waals surface area contributed by atoms with E-state index >= 15 is 0 Å². The highest BCUT2D eigenvalue weighted by Gasteiger charge is 2.24. The van der Waals surface area contributed by atoms with Gasteiger partial charge in [-0.25, -0.2) is 0 Å². The Balaban J connectivity index is 1.75. The lowest BCUT2D eigenvalue weighted by Crippen LogP contribution is -2.33. The van der Waals surface area contributed by atoms with Crippen LogP contribution in [0.2, 0.25) is 0 Å². The molecule has 1 N–H and O–H groups in total. The van der Waals surface area contributed by atoms with Gasteiger partial charge in [-0.2, -0.15) is 5.10 Å². The number of para-hydroxylation sites is 1. The molecule has 20 heavy (non-hydrogen) atoms. The number of H-pyrrole nitrogens is 1. The van der Waals surface area contributed by atoms with Gasteiger partial charge in [0.1, 0.15) is 0 Å². The molecule has 1 aliphatic heterocycles. The largest absolute Gasteiger partial charge is 0.340 e. The van der Waals surface area contributed by atoms with E-state index in [0.29, 0.717) is 11.6 Å². The van der Waals surface area contributed by atoms with Gasteiger partial charge >= 0.3 is 0 Å². The standard InChI is InChI=1S/C15H20N4O/c1-18-8-7-11(9-18)10-19(2)15(20)14-12-5-3-4-6-13(12)16-17-14/h3-6,11H,7-10H2,1-2H3,(H,16,17). The summed E-state index contributed by atoms with van der Waals surface area (Å²) in [4.78, 5) is 16.6. The van der Waals surface area contributed by atoms with Crippen molar-refractivity contribution in [2.45, 2.75) is 6.42 Å². The van der Waals surface area contributed by atoms with Crippen molar-refractivity contribution in [1.82, 2.24) is 20.0 Å². The number of amides is 1. The Morgan fingerprint density at radius 3 is 3.05 bits per heavy atom. The highest BCUT2D eigenvalue weighted by Crippen LogP contribution is 2.19. The molecule has 2 heterocycles. The Hall–Kier alpha value is -1.88. The SMILES string of the molecule is CN1CCC(CN(C)C(=O)c2n[nH]c3ccccc23)C1. The summed E-state index contributed by atoms with van der Waals surface area (Å²) in [5.41, 5.74) is 1.43. The third-order valence-electron chi connectivity index (χ3n) is 4.04. The number of likely N-dealkylation sites (tertiary alicyclic amines) is 1. The molecule has 0 bridgehead atoms. The van der Waals surface area contributed by atoms with E-state index in [1.54, 1.807) is 4.90 Å². The number of fused-ring (bicyclic) bond motifs is 1. The van der Waals surface area contributed by atoms with Gasteiger partial charge < -0.3 is 9.80 Å². The molecule has 0 aliphatic carbocycles. The summed E-state index contributed by atoms with van der Waals surface area (Å²) >= 11 is 0. The maximum Gasteiger partial charge on any atom is 0.274 e. The Morgan fingerprint density at radius 1 is 1.50 bits per heavy atom. The third kappa shape index (κ3) is 2.41. The van der Waals surface area contributed by atoms with Crippen molar-refractivity contribution in [2.75, 3.05) is 33.7 Å². The van der Waals surface area contributed by atoms with Crippen LogP contribution in [0.15, 0.2) is 24.3 Å². The summed E-state index contributed by atoms with van der Waals surface area (Å²) in [6, 6.07) is 7.74. The Bertz CT molecular complexity index is 621. The summed E-state index contributed by atoms with van der Waals surface area (Å²) in [5, 5.41) is 7.99. The first-order chi connectivity index (χ1) is 9.65. The van der Waals surface area contributed by atoms with E-state index in [1.165, 1.54) is 0 Å². The van der Waals surface area contributed by atoms with Gasteiger partial charge in [0.25, 0.3) is 5.91 Å². The van der Waals surface area contributed by atoms with Gasteiger partial charge in [-0.15, -0.1) is 0 Å². The molecule has 1 fully saturated rings. The maximum atomic E-state index is 12.5. The minimum absolute atomic E-state index is 0.00277. The average molecular weight is 272 g/mol. The molecule has 1 aromatic heterocycles. The number of benzene rings is 1. The van der Waals surface area contributed by atoms with Crippen molar-refractivity contribution in [3.05, 3.63) is 30.0 Å². The number of carbonyl (C=O) groups excluding carboxylic acids is 1. The molecule has 1 saturated heterocycles. The average Bonchev–Trinajstić information content (AvgIpc) is 3.04. The second kappa shape index (κ2) is 5.25. The molecular weight excluding hydrogens is 252 g/mol. The molecule has 1 aromatic carbocycles. The van der Waals surface area contributed by atoms with Crippen molar-refractivity contribution in [2.24, 2.45) is 5.92 Å². The van der Waals surface area contributed by atoms with Crippen LogP contribution in [0, 0.1) is 5.92 Å². The second-order valence-corrected chi connectivity index (χ2v) is 5.72. The molecule has 2 aromatic rings. The molecule has 1 atom stereocenters. The predicted molar refractivity (Wildman–Crippen MR) is 78.7 cm³/mol. The molecule has 0 spiro atoms. The van der Waals surface area contributed by atoms with Crippen LogP contribution in [0.3, 0.4) is 0 Å². The molecular formula is C15H20N4O. The molecule has 0 saturated carbocycles. The second-order valence-electron chi connectivity index (χ2n) is 5.72. The summed E-state index contributed by atoms with van der Waals surface area (Å²) in [7, 11) is 3.99. The summed E-state index contributed by atoms with van der Waals surface area (Å²) in [6.45, 7) is 2.99. The van der Waals surface area contributed by atoms with Gasteiger partial charge in [0.05, 0.1) is 5.52 Å². The Morgan fingerprint density at radius 2 is 2.30 bits per heavy atom. The van der Waals surface area contributed by atoms with Crippen LogP contribution in [-0.4, -0.2) is 59.6 Å². The van der Waals surface area contributed by atoms with Crippen LogP contribution in [0.1, 0.15) is 16.9 Å². The smallest absolute Gasteiger partial charge is 0.274 e. The highest BCUT2D eigenvalue weighted by molar-refractivity contribution is 6.04. The zero-order chi connectivity index (χ0) is 14.1. The fourth-order valence-corrected chi connectivity index (χ4v) is 2.95. The minimum atomic E-state index is -0.00277. The number of hydrogen-bond donors (Lipinski definition) is 1. The van der Waals surface area contributed by atoms with Gasteiger partial charge in [0, 0.05) is 25.5 Å². The van der Waals surface area contributed by atoms with Crippen LogP contribution < -0.4 is 0 Å². The number of aromatic nitrogens is 2. The van der Waals surface area contributed by atoms with Gasteiger partial charge in [-0.1, -0.05) is 18.2 Å². The molecule has 1 aliphatic rings. The number of hydrogen-bond acceptors (Lipinski definition) is 3. The topological polar surface area (TPSA) is 52.2 Å². The maximum absolute atomic E-state index is 12.5. The van der Waals surface area contributed by atoms with Gasteiger partial charge in [-0.3, -0.25) is 9.89 Å². The summed E-state index contributed by atoms with van der Waals surface area (Å²) in [5.74, 6) is 0.566. The fraction of sp³-hybridized carbons (Fsp3) is 0.467. The van der Waals surface area contributed by atoms with E-state index in [4.69, 9.17) is 0 Å². The number of carbonyl (C=O) groups is 1. The number of nitrogens with one attached hydrogen (secondary N) is 1. The lowest BCUT2D eigenvalue weighted by Gasteiger charge is -2.20. The lowest BCUT2D eigenvalue weighted by atomic mass is 10.1. The van der Waals surface area contributed by atoms with Crippen LogP contribution >= 0.6 is 0 Å². The number of aromatic amines is 1. The molecule has 106 valence electrons. The van der Waals surface area contributed by atoms with Crippen LogP contribution in [0.5, 0.6) is 0 Å². The van der Waals surface area contributed by atoms with Gasteiger partial charge in [0.2, 0.25) is 0 Å². The van der Waals surface area contributed by atoms with Crippen molar-refractivity contribution in [3.8, 4) is 0 Å². The zero-order valence-corrected chi connectivity index (χ0v) is 12.0. The van der Waals surface area contributed by atoms with E-state index in [1.807, 2.05) is 31.3 Å². The normalized spacial score (nSPS) is 19.6. The quantitative estimate of drug-likeness (QED) is 0.923. The van der Waals surface area contributed by atoms with Crippen LogP contribution in [0.4, 0.5) is 0 Å². The zero-order valence-electron chi connectivity index (χ0n) is 12.0. The first-order valence-electron chi connectivity index (χ1n) is 7.02. The monoisotopic (exact) mass is 272 g/mol. The Kier molecular flexibility index (Phi) is 3.44. The van der Waals surface area contributed by atoms with Crippen molar-refractivity contribution < 1.29 is 4.79 Å². The van der Waals surface area contributed by atoms with E-state index in [9.17, 15) is 4.79 Å². The van der Waals surface area contributed by atoms with E-state index < -0.39 is 0 Å². The van der Waals surface area contributed by atoms with Crippen molar-refractivity contribution >= 4 is 16.8 Å². The molecule has 1 amide bonds. The van der Waals surface area contributed by atoms with E-state index in [2.05, 4.69) is 22.1 Å².